The first kappa shape index (κ1) is 17.7. The zero-order valence-electron chi connectivity index (χ0n) is 15.3. The molecule has 1 heterocycles. The van der Waals surface area contributed by atoms with Crippen LogP contribution in [0.1, 0.15) is 53.9 Å². The molecule has 4 atom stereocenters. The lowest BCUT2D eigenvalue weighted by Crippen LogP contribution is -2.56. The van der Waals surface area contributed by atoms with Crippen LogP contribution in [-0.4, -0.2) is 29.8 Å². The van der Waals surface area contributed by atoms with Gasteiger partial charge in [0.25, 0.3) is 5.79 Å². The van der Waals surface area contributed by atoms with Crippen molar-refractivity contribution in [3.8, 4) is 0 Å². The number of hydrogen-bond donors (Lipinski definition) is 0. The zero-order chi connectivity index (χ0) is 18.6. The first-order valence-corrected chi connectivity index (χ1v) is 8.62. The van der Waals surface area contributed by atoms with Gasteiger partial charge in [-0.2, -0.15) is 0 Å². The van der Waals surface area contributed by atoms with Gasteiger partial charge in [0.2, 0.25) is 0 Å². The lowest BCUT2D eigenvalue weighted by molar-refractivity contribution is -0.217. The summed E-state index contributed by atoms with van der Waals surface area (Å²) in [4.78, 5) is 35.9. The third-order valence-electron chi connectivity index (χ3n) is 5.91. The first-order valence-electron chi connectivity index (χ1n) is 8.62. The molecule has 1 aliphatic heterocycles. The Balaban J connectivity index is 2.23. The van der Waals surface area contributed by atoms with Gasteiger partial charge in [0.1, 0.15) is 6.10 Å². The molecule has 2 aliphatic carbocycles. The Labute approximate surface area is 147 Å². The zero-order valence-corrected chi connectivity index (χ0v) is 15.3. The molecule has 0 aromatic rings. The van der Waals surface area contributed by atoms with E-state index in [2.05, 4.69) is 19.9 Å². The van der Waals surface area contributed by atoms with Crippen LogP contribution < -0.4 is 0 Å². The number of fused-ring (bicyclic) bond motifs is 2. The molecule has 0 spiro atoms. The monoisotopic (exact) mass is 348 g/mol. The molecule has 0 saturated heterocycles. The van der Waals surface area contributed by atoms with Crippen LogP contribution in [0.4, 0.5) is 0 Å². The minimum absolute atomic E-state index is 0.239. The summed E-state index contributed by atoms with van der Waals surface area (Å²) in [6.45, 7) is 8.42. The fraction of sp³-hybridized carbons (Fsp3) is 0.632. The number of ether oxygens (including phenoxy) is 3. The van der Waals surface area contributed by atoms with Gasteiger partial charge >= 0.3 is 17.9 Å². The fourth-order valence-electron chi connectivity index (χ4n) is 4.48. The normalized spacial score (nSPS) is 36.8. The molecule has 136 valence electrons. The highest BCUT2D eigenvalue weighted by molar-refractivity contribution is 5.93. The van der Waals surface area contributed by atoms with E-state index < -0.39 is 35.2 Å². The van der Waals surface area contributed by atoms with Crippen molar-refractivity contribution in [2.75, 3.05) is 0 Å². The molecule has 3 aliphatic rings. The molecule has 25 heavy (non-hydrogen) atoms. The summed E-state index contributed by atoms with van der Waals surface area (Å²) in [5.74, 6) is -2.79. The molecule has 0 aromatic carbocycles. The predicted molar refractivity (Wildman–Crippen MR) is 88.0 cm³/mol. The minimum Gasteiger partial charge on any atom is -0.457 e. The van der Waals surface area contributed by atoms with Gasteiger partial charge in [-0.1, -0.05) is 25.5 Å². The Morgan fingerprint density at radius 3 is 2.56 bits per heavy atom. The molecule has 0 amide bonds. The lowest BCUT2D eigenvalue weighted by Gasteiger charge is -2.53. The highest BCUT2D eigenvalue weighted by atomic mass is 16.7. The molecule has 0 radical (unpaired) electrons. The summed E-state index contributed by atoms with van der Waals surface area (Å²) >= 11 is 0. The fourth-order valence-corrected chi connectivity index (χ4v) is 4.48. The van der Waals surface area contributed by atoms with E-state index >= 15 is 0 Å². The van der Waals surface area contributed by atoms with Gasteiger partial charge in [-0.15, -0.1) is 0 Å². The number of allylic oxidation sites excluding steroid dienone is 1. The summed E-state index contributed by atoms with van der Waals surface area (Å²) in [5, 5.41) is 0. The van der Waals surface area contributed by atoms with Gasteiger partial charge < -0.3 is 14.2 Å². The molecular weight excluding hydrogens is 324 g/mol. The largest absolute Gasteiger partial charge is 0.457 e. The molecule has 0 bridgehead atoms. The molecule has 6 heteroatoms. The van der Waals surface area contributed by atoms with Crippen LogP contribution >= 0.6 is 0 Å². The Morgan fingerprint density at radius 2 is 1.96 bits per heavy atom. The van der Waals surface area contributed by atoms with E-state index in [4.69, 9.17) is 14.2 Å². The van der Waals surface area contributed by atoms with E-state index in [9.17, 15) is 14.4 Å². The van der Waals surface area contributed by atoms with Crippen LogP contribution in [0.3, 0.4) is 0 Å². The Morgan fingerprint density at radius 1 is 1.28 bits per heavy atom. The highest BCUT2D eigenvalue weighted by Crippen LogP contribution is 2.59. The summed E-state index contributed by atoms with van der Waals surface area (Å²) in [5.41, 5.74) is 1.37. The highest BCUT2D eigenvalue weighted by Gasteiger charge is 2.64. The van der Waals surface area contributed by atoms with Gasteiger partial charge in [-0.25, -0.2) is 4.79 Å². The van der Waals surface area contributed by atoms with E-state index in [1.807, 2.05) is 0 Å². The smallest absolute Gasteiger partial charge is 0.337 e. The summed E-state index contributed by atoms with van der Waals surface area (Å²) < 4.78 is 16.8. The van der Waals surface area contributed by atoms with E-state index in [0.717, 1.165) is 18.4 Å². The van der Waals surface area contributed by atoms with Gasteiger partial charge in [0.15, 0.2) is 0 Å². The van der Waals surface area contributed by atoms with Crippen LogP contribution in [0.5, 0.6) is 0 Å². The Kier molecular flexibility index (Phi) is 4.05. The number of carbonyl (C=O) groups is 3. The first-order chi connectivity index (χ1) is 11.6. The van der Waals surface area contributed by atoms with Crippen molar-refractivity contribution in [2.24, 2.45) is 11.3 Å². The SMILES string of the molecule is CC(=O)O[C@@H]1C2=C(C)C(=O)O[C@]2(OC(C)=O)CC2=CCC[C@H](C)[C@]21C. The van der Waals surface area contributed by atoms with Gasteiger partial charge in [0, 0.05) is 24.8 Å². The second kappa shape index (κ2) is 5.71. The second-order valence-corrected chi connectivity index (χ2v) is 7.43. The van der Waals surface area contributed by atoms with Crippen LogP contribution in [0.25, 0.3) is 0 Å². The topological polar surface area (TPSA) is 78.9 Å². The van der Waals surface area contributed by atoms with E-state index in [0.29, 0.717) is 11.1 Å². The number of hydrogen-bond acceptors (Lipinski definition) is 6. The molecule has 0 aromatic heterocycles. The average molecular weight is 348 g/mol. The lowest BCUT2D eigenvalue weighted by atomic mass is 9.56. The van der Waals surface area contributed by atoms with Crippen molar-refractivity contribution < 1.29 is 28.6 Å². The maximum Gasteiger partial charge on any atom is 0.337 e. The minimum atomic E-state index is -1.50. The van der Waals surface area contributed by atoms with E-state index in [-0.39, 0.29) is 12.3 Å². The van der Waals surface area contributed by atoms with Crippen molar-refractivity contribution in [3.05, 3.63) is 22.8 Å². The van der Waals surface area contributed by atoms with Crippen LogP contribution in [0.15, 0.2) is 22.8 Å². The predicted octanol–water partition coefficient (Wildman–Crippen LogP) is 2.82. The quantitative estimate of drug-likeness (QED) is 0.564. The van der Waals surface area contributed by atoms with Crippen LogP contribution in [-0.2, 0) is 28.6 Å². The standard InChI is InChI=1S/C19H24O6/c1-10-7-6-8-14-9-19(24-13(4)21)15(11(2)17(22)25-19)16(18(10,14)5)23-12(3)20/h8,10,16H,6-7,9H2,1-5H3/t10-,16+,18+,19+/m0/s1. The molecule has 0 N–H and O–H groups in total. The Bertz CT molecular complexity index is 717. The maximum atomic E-state index is 12.3. The van der Waals surface area contributed by atoms with E-state index in [1.165, 1.54) is 13.8 Å². The third kappa shape index (κ3) is 2.50. The van der Waals surface area contributed by atoms with Crippen molar-refractivity contribution in [3.63, 3.8) is 0 Å². The van der Waals surface area contributed by atoms with Crippen LogP contribution in [0, 0.1) is 11.3 Å². The Hall–Kier alpha value is -2.11. The van der Waals surface area contributed by atoms with Crippen molar-refractivity contribution in [2.45, 2.75) is 65.8 Å². The third-order valence-corrected chi connectivity index (χ3v) is 5.91. The summed E-state index contributed by atoms with van der Waals surface area (Å²) in [6, 6.07) is 0. The van der Waals surface area contributed by atoms with Crippen LogP contribution in [0.2, 0.25) is 0 Å². The molecule has 1 fully saturated rings. The van der Waals surface area contributed by atoms with Gasteiger partial charge in [-0.05, 0) is 25.7 Å². The van der Waals surface area contributed by atoms with Crippen molar-refractivity contribution in [1.29, 1.82) is 0 Å². The number of carbonyl (C=O) groups excluding carboxylic acids is 3. The molecule has 3 rings (SSSR count). The average Bonchev–Trinajstić information content (AvgIpc) is 2.72. The number of esters is 3. The molecule has 0 unspecified atom stereocenters. The summed E-state index contributed by atoms with van der Waals surface area (Å²) in [6.07, 6.45) is 3.52. The molecule has 6 nitrogen and oxygen atoms in total. The van der Waals surface area contributed by atoms with Crippen molar-refractivity contribution in [1.82, 2.24) is 0 Å². The van der Waals surface area contributed by atoms with Gasteiger partial charge in [0.05, 0.1) is 12.0 Å². The molecular formula is C19H24O6. The van der Waals surface area contributed by atoms with Gasteiger partial charge in [-0.3, -0.25) is 9.59 Å². The number of rotatable bonds is 2. The van der Waals surface area contributed by atoms with Crippen molar-refractivity contribution >= 4 is 17.9 Å². The summed E-state index contributed by atoms with van der Waals surface area (Å²) in [7, 11) is 0. The second-order valence-electron chi connectivity index (χ2n) is 7.43. The van der Waals surface area contributed by atoms with E-state index in [1.54, 1.807) is 6.92 Å². The molecule has 1 saturated carbocycles. The maximum absolute atomic E-state index is 12.3.